The molecule has 0 aromatic carbocycles. The molecule has 0 aromatic heterocycles. The Morgan fingerprint density at radius 1 is 1.13 bits per heavy atom. The molecule has 0 radical (unpaired) electrons. The van der Waals surface area contributed by atoms with Gasteiger partial charge in [0.15, 0.2) is 0 Å². The van der Waals surface area contributed by atoms with Crippen molar-refractivity contribution in [3.05, 3.63) is 0 Å². The van der Waals surface area contributed by atoms with Gasteiger partial charge in [-0.05, 0) is 20.3 Å². The summed E-state index contributed by atoms with van der Waals surface area (Å²) in [6.07, 6.45) is 0.830. The van der Waals surface area contributed by atoms with Crippen LogP contribution in [-0.4, -0.2) is 76.1 Å². The quantitative estimate of drug-likeness (QED) is 0.504. The number of hydrogen-bond donors (Lipinski definition) is 3. The van der Waals surface area contributed by atoms with Gasteiger partial charge in [-0.2, -0.15) is 0 Å². The van der Waals surface area contributed by atoms with Crippen LogP contribution < -0.4 is 5.73 Å². The summed E-state index contributed by atoms with van der Waals surface area (Å²) >= 11 is 0. The average molecular weight is 331 g/mol. The summed E-state index contributed by atoms with van der Waals surface area (Å²) in [4.78, 5) is 38.3. The summed E-state index contributed by atoms with van der Waals surface area (Å²) < 4.78 is 0. The molecule has 0 aromatic rings. The molecule has 8 nitrogen and oxygen atoms in total. The van der Waals surface area contributed by atoms with Crippen LogP contribution in [0.15, 0.2) is 0 Å². The molecule has 3 amide bonds. The van der Waals surface area contributed by atoms with Crippen molar-refractivity contribution in [3.8, 4) is 0 Å². The van der Waals surface area contributed by atoms with E-state index in [0.717, 1.165) is 4.90 Å². The lowest BCUT2D eigenvalue weighted by atomic mass is 9.97. The predicted octanol–water partition coefficient (Wildman–Crippen LogP) is -0.921. The minimum Gasteiger partial charge on any atom is -0.394 e. The van der Waals surface area contributed by atoms with Crippen LogP contribution in [0.25, 0.3) is 0 Å². The van der Waals surface area contributed by atoms with E-state index in [-0.39, 0.29) is 18.7 Å². The van der Waals surface area contributed by atoms with Crippen molar-refractivity contribution in [3.63, 3.8) is 0 Å². The monoisotopic (exact) mass is 331 g/mol. The van der Waals surface area contributed by atoms with Gasteiger partial charge < -0.3 is 25.7 Å². The largest absolute Gasteiger partial charge is 0.394 e. The number of primary amides is 1. The molecular weight excluding hydrogens is 302 g/mol. The second-order valence-corrected chi connectivity index (χ2v) is 6.34. The van der Waals surface area contributed by atoms with Crippen molar-refractivity contribution < 1.29 is 24.6 Å². The Morgan fingerprint density at radius 3 is 2.00 bits per heavy atom. The van der Waals surface area contributed by atoms with E-state index in [2.05, 4.69) is 0 Å². The second kappa shape index (κ2) is 8.83. The summed E-state index contributed by atoms with van der Waals surface area (Å²) in [6.45, 7) is 4.27. The molecule has 0 aliphatic heterocycles. The predicted molar refractivity (Wildman–Crippen MR) is 85.2 cm³/mol. The first-order valence-electron chi connectivity index (χ1n) is 7.61. The fourth-order valence-corrected chi connectivity index (χ4v) is 2.22. The minimum absolute atomic E-state index is 0.0463. The number of carbonyl (C=O) groups is 3. The molecule has 0 fully saturated rings. The van der Waals surface area contributed by atoms with Gasteiger partial charge in [-0.15, -0.1) is 0 Å². The molecule has 8 heteroatoms. The van der Waals surface area contributed by atoms with Gasteiger partial charge in [0, 0.05) is 26.9 Å². The number of hydrogen-bond acceptors (Lipinski definition) is 5. The number of carbonyl (C=O) groups excluding carboxylic acids is 3. The van der Waals surface area contributed by atoms with Crippen LogP contribution in [0.3, 0.4) is 0 Å². The molecule has 0 bridgehead atoms. The highest BCUT2D eigenvalue weighted by Crippen LogP contribution is 2.16. The third kappa shape index (κ3) is 6.54. The molecule has 0 rings (SSSR count). The maximum atomic E-state index is 12.5. The smallest absolute Gasteiger partial charge is 0.248 e. The molecule has 0 heterocycles. The molecule has 0 spiro atoms. The normalized spacial score (nSPS) is 14.0. The summed E-state index contributed by atoms with van der Waals surface area (Å²) in [5.74, 6) is -1.64. The third-order valence-electron chi connectivity index (χ3n) is 3.62. The van der Waals surface area contributed by atoms with Crippen LogP contribution in [0.5, 0.6) is 0 Å². The summed E-state index contributed by atoms with van der Waals surface area (Å²) in [5, 5.41) is 19.4. The van der Waals surface area contributed by atoms with Gasteiger partial charge in [0.1, 0.15) is 12.1 Å². The Kier molecular flexibility index (Phi) is 8.19. The van der Waals surface area contributed by atoms with Crippen molar-refractivity contribution in [2.45, 2.75) is 57.7 Å². The molecule has 1 unspecified atom stereocenters. The third-order valence-corrected chi connectivity index (χ3v) is 3.62. The number of amides is 3. The van der Waals surface area contributed by atoms with Gasteiger partial charge in [-0.3, -0.25) is 14.4 Å². The van der Waals surface area contributed by atoms with Crippen molar-refractivity contribution in [2.75, 3.05) is 20.7 Å². The van der Waals surface area contributed by atoms with Crippen LogP contribution in [0.1, 0.15) is 40.0 Å². The van der Waals surface area contributed by atoms with Crippen molar-refractivity contribution in [1.82, 2.24) is 9.80 Å². The molecular formula is C15H29N3O5. The molecule has 2 atom stereocenters. The highest BCUT2D eigenvalue weighted by Gasteiger charge is 2.35. The Balaban J connectivity index is 5.26. The fourth-order valence-electron chi connectivity index (χ4n) is 2.22. The molecule has 0 saturated heterocycles. The topological polar surface area (TPSA) is 124 Å². The van der Waals surface area contributed by atoms with E-state index < -0.39 is 36.1 Å². The van der Waals surface area contributed by atoms with Crippen LogP contribution in [0, 0.1) is 0 Å². The van der Waals surface area contributed by atoms with Crippen LogP contribution in [0.2, 0.25) is 0 Å². The van der Waals surface area contributed by atoms with E-state index in [1.807, 2.05) is 6.92 Å². The lowest BCUT2D eigenvalue weighted by Crippen LogP contribution is -2.56. The minimum atomic E-state index is -1.20. The standard InChI is InChI=1S/C15H29N3O5/c1-6-7-12(20)17(4)11(9-19)14(22)18(5)10(13(16)21)8-15(2,3)23/h10-11,19,23H,6-9H2,1-5H3,(H2,16,21)/t10-,11?/m0/s1. The number of likely N-dealkylation sites (N-methyl/N-ethyl adjacent to an activating group) is 2. The summed E-state index contributed by atoms with van der Waals surface area (Å²) in [5.41, 5.74) is 4.12. The first-order valence-corrected chi connectivity index (χ1v) is 7.61. The van der Waals surface area contributed by atoms with E-state index in [1.165, 1.54) is 32.8 Å². The second-order valence-electron chi connectivity index (χ2n) is 6.34. The number of rotatable bonds is 9. The van der Waals surface area contributed by atoms with Crippen molar-refractivity contribution >= 4 is 17.7 Å². The van der Waals surface area contributed by atoms with Crippen molar-refractivity contribution in [1.29, 1.82) is 0 Å². The maximum Gasteiger partial charge on any atom is 0.248 e. The first kappa shape index (κ1) is 21.3. The van der Waals surface area contributed by atoms with E-state index in [1.54, 1.807) is 0 Å². The summed E-state index contributed by atoms with van der Waals surface area (Å²) in [7, 11) is 2.80. The summed E-state index contributed by atoms with van der Waals surface area (Å²) in [6, 6.07) is -2.13. The van der Waals surface area contributed by atoms with Gasteiger partial charge in [-0.25, -0.2) is 0 Å². The zero-order valence-electron chi connectivity index (χ0n) is 14.6. The number of nitrogens with two attached hydrogens (primary N) is 1. The fraction of sp³-hybridized carbons (Fsp3) is 0.800. The molecule has 134 valence electrons. The van der Waals surface area contributed by atoms with Gasteiger partial charge in [-0.1, -0.05) is 6.92 Å². The Hall–Kier alpha value is -1.67. The van der Waals surface area contributed by atoms with Gasteiger partial charge in [0.05, 0.1) is 12.2 Å². The van der Waals surface area contributed by atoms with Crippen LogP contribution >= 0.6 is 0 Å². The number of aliphatic hydroxyl groups excluding tert-OH is 1. The maximum absolute atomic E-state index is 12.5. The number of nitrogens with zero attached hydrogens (tertiary/aromatic N) is 2. The Labute approximate surface area is 137 Å². The zero-order chi connectivity index (χ0) is 18.4. The molecule has 4 N–H and O–H groups in total. The zero-order valence-corrected chi connectivity index (χ0v) is 14.6. The van der Waals surface area contributed by atoms with Crippen molar-refractivity contribution in [2.24, 2.45) is 5.73 Å². The lowest BCUT2D eigenvalue weighted by molar-refractivity contribution is -0.149. The first-order chi connectivity index (χ1) is 10.5. The Morgan fingerprint density at radius 2 is 1.65 bits per heavy atom. The van der Waals surface area contributed by atoms with Gasteiger partial charge in [0.2, 0.25) is 17.7 Å². The van der Waals surface area contributed by atoms with E-state index in [9.17, 15) is 24.6 Å². The molecule has 0 aliphatic carbocycles. The van der Waals surface area contributed by atoms with Gasteiger partial charge in [0.25, 0.3) is 0 Å². The molecule has 23 heavy (non-hydrogen) atoms. The Bertz CT molecular complexity index is 433. The average Bonchev–Trinajstić information content (AvgIpc) is 2.43. The SMILES string of the molecule is CCCC(=O)N(C)C(CO)C(=O)N(C)[C@@H](CC(C)(C)O)C(N)=O. The van der Waals surface area contributed by atoms with E-state index >= 15 is 0 Å². The van der Waals surface area contributed by atoms with E-state index in [0.29, 0.717) is 6.42 Å². The van der Waals surface area contributed by atoms with E-state index in [4.69, 9.17) is 5.73 Å². The highest BCUT2D eigenvalue weighted by atomic mass is 16.3. The van der Waals surface area contributed by atoms with Crippen LogP contribution in [-0.2, 0) is 14.4 Å². The highest BCUT2D eigenvalue weighted by molar-refractivity contribution is 5.91. The molecule has 0 saturated carbocycles. The number of aliphatic hydroxyl groups is 2. The van der Waals surface area contributed by atoms with Crippen LogP contribution in [0.4, 0.5) is 0 Å². The van der Waals surface area contributed by atoms with Gasteiger partial charge >= 0.3 is 0 Å². The lowest BCUT2D eigenvalue weighted by Gasteiger charge is -2.34. The molecule has 0 aliphatic rings.